The van der Waals surface area contributed by atoms with Gasteiger partial charge in [0.2, 0.25) is 18.2 Å². The van der Waals surface area contributed by atoms with E-state index in [1.165, 1.54) is 61.4 Å². The number of nitrogens with zero attached hydrogens (tertiary/aromatic N) is 4. The smallest absolute Gasteiger partial charge is 0.416 e. The number of aliphatic imine (C=N–C) groups is 1. The van der Waals surface area contributed by atoms with Crippen molar-refractivity contribution in [3.8, 4) is 11.5 Å². The summed E-state index contributed by atoms with van der Waals surface area (Å²) in [6, 6.07) is 25.8. The molecule has 0 bridgehead atoms. The van der Waals surface area contributed by atoms with Crippen LogP contribution in [0.15, 0.2) is 114 Å². The van der Waals surface area contributed by atoms with Crippen LogP contribution in [0.4, 0.5) is 34.6 Å². The maximum absolute atomic E-state index is 15.2. The third kappa shape index (κ3) is 11.7. The van der Waals surface area contributed by atoms with Gasteiger partial charge in [0, 0.05) is 43.5 Å². The molecule has 16 nitrogen and oxygen atoms in total. The zero-order chi connectivity index (χ0) is 51.0. The van der Waals surface area contributed by atoms with Crippen LogP contribution in [0.2, 0.25) is 0 Å². The number of hydrogen-bond donors (Lipinski definition) is 3. The van der Waals surface area contributed by atoms with E-state index >= 15 is 4.39 Å². The van der Waals surface area contributed by atoms with Gasteiger partial charge in [-0.3, -0.25) is 4.79 Å². The number of aryl methyl sites for hydroxylation is 2. The molecule has 2 heterocycles. The molecule has 0 radical (unpaired) electrons. The highest BCUT2D eigenvalue weighted by Crippen LogP contribution is 2.47. The highest BCUT2D eigenvalue weighted by Gasteiger charge is 2.44. The van der Waals surface area contributed by atoms with Crippen LogP contribution in [0.25, 0.3) is 0 Å². The predicted octanol–water partition coefficient (Wildman–Crippen LogP) is 8.18. The molecule has 1 fully saturated rings. The van der Waals surface area contributed by atoms with Crippen LogP contribution in [0.1, 0.15) is 55.9 Å². The van der Waals surface area contributed by atoms with Crippen molar-refractivity contribution in [2.24, 2.45) is 10.9 Å². The average Bonchev–Trinajstić information content (AvgIpc) is 3.34. The third-order valence-electron chi connectivity index (χ3n) is 11.5. The number of methoxy groups -OCH3 is 2. The molecule has 7 rings (SSSR count). The van der Waals surface area contributed by atoms with Crippen molar-refractivity contribution < 1.29 is 75.8 Å². The number of para-hydroxylation sites is 1. The quantitative estimate of drug-likeness (QED) is 0.0752. The molecular formula is C50H48F4N4O12. The number of rotatable bonds is 13. The molecule has 0 aliphatic carbocycles. The van der Waals surface area contributed by atoms with Gasteiger partial charge >= 0.3 is 36.0 Å². The van der Waals surface area contributed by atoms with Gasteiger partial charge in [-0.2, -0.15) is 13.2 Å². The SMILES string of the molecule is COc1cccc(N2CCN(C3=Nc4c(F)cccc4C([C@H](C)C(=O)O)N3c3cc(C(F)(F)F)ccc3OC)CC2)c1.Cc1ccc(C(=O)O[C@H](C(=O)O)[C@H](OC(=O)c2ccc(C)cc2)C(=O)O)cc1. The standard InChI is InChI=1S/C30H30F4N4O4.C20H18O8/c1-18(28(39)40)27-22-8-5-9-23(31)26(22)35-29(38(27)24-16-19(30(32,33)34)10-11-25(24)42-3)37-14-12-36(13-15-37)20-6-4-7-21(17-20)41-2;1-11-3-7-13(8-4-11)19(25)27-15(17(21)22)16(18(23)24)28-20(26)14-9-5-12(2)6-10-14/h4-11,16-18,27H,12-15H2,1-3H3,(H,39,40);3-10,15-16H,1-2H3,(H,21,22)(H,23,24)/t18-,27?;15-,16-/m00/s1. The van der Waals surface area contributed by atoms with E-state index in [0.29, 0.717) is 31.9 Å². The monoisotopic (exact) mass is 972 g/mol. The van der Waals surface area contributed by atoms with Crippen LogP contribution in [-0.4, -0.2) is 109 Å². The number of alkyl halides is 3. The second kappa shape index (κ2) is 21.9. The Morgan fingerprint density at radius 1 is 0.671 bits per heavy atom. The first-order chi connectivity index (χ1) is 33.2. The fourth-order valence-electron chi connectivity index (χ4n) is 7.67. The lowest BCUT2D eigenvalue weighted by atomic mass is 9.89. The topological polar surface area (TPSA) is 205 Å². The number of anilines is 2. The molecule has 20 heteroatoms. The zero-order valence-electron chi connectivity index (χ0n) is 38.3. The summed E-state index contributed by atoms with van der Waals surface area (Å²) in [5.41, 5.74) is 1.98. The van der Waals surface area contributed by atoms with E-state index in [1.54, 1.807) is 51.3 Å². The summed E-state index contributed by atoms with van der Waals surface area (Å²) in [6.07, 6.45) is -9.12. The average molecular weight is 973 g/mol. The minimum atomic E-state index is -4.67. The first-order valence-corrected chi connectivity index (χ1v) is 21.5. The molecule has 2 aliphatic rings. The number of carboxylic acids is 3. The molecule has 70 heavy (non-hydrogen) atoms. The molecule has 0 spiro atoms. The summed E-state index contributed by atoms with van der Waals surface area (Å²) in [5.74, 6) is -7.69. The van der Waals surface area contributed by atoms with Crippen LogP contribution in [0, 0.1) is 25.6 Å². The van der Waals surface area contributed by atoms with Crippen LogP contribution in [-0.2, 0) is 30.0 Å². The molecular weight excluding hydrogens is 925 g/mol. The van der Waals surface area contributed by atoms with E-state index in [9.17, 15) is 52.5 Å². The van der Waals surface area contributed by atoms with Gasteiger partial charge in [-0.1, -0.05) is 53.6 Å². The Morgan fingerprint density at radius 3 is 1.69 bits per heavy atom. The van der Waals surface area contributed by atoms with Crippen molar-refractivity contribution in [3.63, 3.8) is 0 Å². The molecule has 1 unspecified atom stereocenters. The number of aliphatic carboxylic acids is 3. The van der Waals surface area contributed by atoms with Gasteiger partial charge in [0.1, 0.15) is 23.0 Å². The Morgan fingerprint density at radius 2 is 1.20 bits per heavy atom. The number of benzene rings is 5. The minimum Gasteiger partial charge on any atom is -0.497 e. The second-order valence-corrected chi connectivity index (χ2v) is 16.2. The Bertz CT molecular complexity index is 2690. The van der Waals surface area contributed by atoms with Crippen LogP contribution < -0.4 is 19.3 Å². The summed E-state index contributed by atoms with van der Waals surface area (Å²) in [4.78, 5) is 69.8. The fourth-order valence-corrected chi connectivity index (χ4v) is 7.67. The van der Waals surface area contributed by atoms with Gasteiger partial charge in [-0.15, -0.1) is 0 Å². The van der Waals surface area contributed by atoms with Crippen molar-refractivity contribution in [1.29, 1.82) is 0 Å². The number of halogens is 4. The largest absolute Gasteiger partial charge is 0.497 e. The van der Waals surface area contributed by atoms with Crippen LogP contribution in [0.5, 0.6) is 11.5 Å². The number of esters is 2. The maximum atomic E-state index is 15.2. The highest BCUT2D eigenvalue weighted by molar-refractivity contribution is 6.03. The zero-order valence-corrected chi connectivity index (χ0v) is 38.3. The molecule has 0 saturated carbocycles. The molecule has 4 atom stereocenters. The van der Waals surface area contributed by atoms with Gasteiger partial charge in [0.25, 0.3) is 0 Å². The molecule has 5 aromatic carbocycles. The molecule has 368 valence electrons. The summed E-state index contributed by atoms with van der Waals surface area (Å²) in [7, 11) is 2.91. The second-order valence-electron chi connectivity index (χ2n) is 16.2. The van der Waals surface area contributed by atoms with Gasteiger partial charge < -0.3 is 49.0 Å². The van der Waals surface area contributed by atoms with Crippen LogP contribution in [0.3, 0.4) is 0 Å². The first kappa shape index (κ1) is 51.2. The molecule has 2 aliphatic heterocycles. The van der Waals surface area contributed by atoms with Crippen LogP contribution >= 0.6 is 0 Å². The van der Waals surface area contributed by atoms with Crippen molar-refractivity contribution in [3.05, 3.63) is 148 Å². The molecule has 3 N–H and O–H groups in total. The number of piperazine rings is 1. The number of hydrogen-bond acceptors (Lipinski definition) is 13. The van der Waals surface area contributed by atoms with E-state index in [1.807, 2.05) is 29.2 Å². The van der Waals surface area contributed by atoms with Gasteiger partial charge in [-0.05, 0) is 81.4 Å². The lowest BCUT2D eigenvalue weighted by Gasteiger charge is -2.46. The summed E-state index contributed by atoms with van der Waals surface area (Å²) < 4.78 is 77.4. The number of carbonyl (C=O) groups excluding carboxylic acids is 2. The summed E-state index contributed by atoms with van der Waals surface area (Å²) in [5, 5.41) is 28.7. The van der Waals surface area contributed by atoms with Crippen molar-refractivity contribution in [1.82, 2.24) is 4.90 Å². The third-order valence-corrected chi connectivity index (χ3v) is 11.5. The number of fused-ring (bicyclic) bond motifs is 1. The highest BCUT2D eigenvalue weighted by atomic mass is 19.4. The number of guanidine groups is 1. The normalized spacial score (nSPS) is 15.7. The maximum Gasteiger partial charge on any atom is 0.416 e. The number of carbonyl (C=O) groups is 5. The van der Waals surface area contributed by atoms with E-state index < -0.39 is 71.6 Å². The van der Waals surface area contributed by atoms with Gasteiger partial charge in [-0.25, -0.2) is 28.6 Å². The van der Waals surface area contributed by atoms with E-state index in [0.717, 1.165) is 28.9 Å². The van der Waals surface area contributed by atoms with E-state index in [-0.39, 0.29) is 39.8 Å². The molecule has 5 aromatic rings. The van der Waals surface area contributed by atoms with Crippen molar-refractivity contribution in [2.45, 2.75) is 45.2 Å². The van der Waals surface area contributed by atoms with E-state index in [2.05, 4.69) is 9.89 Å². The lowest BCUT2D eigenvalue weighted by molar-refractivity contribution is -0.166. The van der Waals surface area contributed by atoms with Gasteiger partial charge in [0.15, 0.2) is 0 Å². The first-order valence-electron chi connectivity index (χ1n) is 21.5. The predicted molar refractivity (Wildman–Crippen MR) is 246 cm³/mol. The Labute approximate surface area is 398 Å². The fraction of sp³-hybridized carbons (Fsp3) is 0.280. The Hall–Kier alpha value is -8.16. The summed E-state index contributed by atoms with van der Waals surface area (Å²) in [6.45, 7) is 6.82. The molecule has 1 saturated heterocycles. The van der Waals surface area contributed by atoms with Crippen molar-refractivity contribution in [2.75, 3.05) is 50.2 Å². The Kier molecular flexibility index (Phi) is 16.0. The molecule has 0 amide bonds. The summed E-state index contributed by atoms with van der Waals surface area (Å²) >= 11 is 0. The number of ether oxygens (including phenoxy) is 4. The molecule has 0 aromatic heterocycles. The van der Waals surface area contributed by atoms with E-state index in [4.69, 9.17) is 18.9 Å². The van der Waals surface area contributed by atoms with Crippen molar-refractivity contribution >= 4 is 52.9 Å². The van der Waals surface area contributed by atoms with Gasteiger partial charge in [0.05, 0.1) is 48.6 Å². The lowest BCUT2D eigenvalue weighted by Crippen LogP contribution is -2.56. The minimum absolute atomic E-state index is 0.0192. The number of carboxylic acid groups (broad SMARTS) is 3. The Balaban J connectivity index is 0.000000250.